The van der Waals surface area contributed by atoms with Crippen molar-refractivity contribution < 1.29 is 19.5 Å². The number of benzene rings is 2. The van der Waals surface area contributed by atoms with Crippen LogP contribution in [0.5, 0.6) is 0 Å². The largest absolute Gasteiger partial charge is 0.394 e. The first-order valence-electron chi connectivity index (χ1n) is 16.1. The van der Waals surface area contributed by atoms with Crippen molar-refractivity contribution in [1.29, 1.82) is 0 Å². The molecule has 3 amide bonds. The fourth-order valence-corrected chi connectivity index (χ4v) is 11.9. The third kappa shape index (κ3) is 5.48. The van der Waals surface area contributed by atoms with E-state index >= 15 is 4.79 Å². The van der Waals surface area contributed by atoms with Crippen LogP contribution in [0.1, 0.15) is 50.1 Å². The first-order chi connectivity index (χ1) is 21.9. The summed E-state index contributed by atoms with van der Waals surface area (Å²) in [7, 11) is 0. The molecule has 7 nitrogen and oxygen atoms in total. The van der Waals surface area contributed by atoms with E-state index in [2.05, 4.69) is 29.1 Å². The number of rotatable bonds is 11. The van der Waals surface area contributed by atoms with Crippen LogP contribution in [0.15, 0.2) is 86.0 Å². The van der Waals surface area contributed by atoms with Crippen LogP contribution in [-0.2, 0) is 14.4 Å². The minimum Gasteiger partial charge on any atom is -0.394 e. The number of alkyl halides is 1. The Bertz CT molecular complexity index is 1420. The van der Waals surface area contributed by atoms with Crippen LogP contribution < -0.4 is 4.90 Å². The standard InChI is InChI=1S/C36H42BrN3O4S/c1-3-20-38(25-16-10-6-11-17-25)33(42)29-30-34(43)40(28(23-41)24-14-8-5-9-15-24)32(36(30)22-27(37)31(29)45-36)35(44)39(21-4-2)26-18-12-7-13-19-26/h3-6,8-11,14-17,26-32,41H,1-2,7,12-13,18-23H2/t27?,28-,29-,30+,31-,32?,36?/m1/s1. The Kier molecular flexibility index (Phi) is 9.60. The average Bonchev–Trinajstić information content (AvgIpc) is 3.67. The molecule has 4 fully saturated rings. The van der Waals surface area contributed by atoms with Gasteiger partial charge in [-0.1, -0.05) is 95.9 Å². The number of likely N-dealkylation sites (tertiary alicyclic amines) is 1. The van der Waals surface area contributed by atoms with Crippen LogP contribution in [0, 0.1) is 11.8 Å². The molecule has 7 atom stereocenters. The second kappa shape index (κ2) is 13.5. The number of anilines is 1. The topological polar surface area (TPSA) is 81.2 Å². The monoisotopic (exact) mass is 691 g/mol. The number of carbonyl (C=O) groups excluding carboxylic acids is 3. The van der Waals surface area contributed by atoms with E-state index in [-0.39, 0.29) is 40.4 Å². The van der Waals surface area contributed by atoms with Crippen LogP contribution in [0.25, 0.3) is 0 Å². The summed E-state index contributed by atoms with van der Waals surface area (Å²) < 4.78 is -0.819. The third-order valence-electron chi connectivity index (χ3n) is 10.2. The average molecular weight is 693 g/mol. The Balaban J connectivity index is 1.47. The number of halogens is 1. The van der Waals surface area contributed by atoms with Gasteiger partial charge in [0.25, 0.3) is 0 Å². The molecule has 45 heavy (non-hydrogen) atoms. The van der Waals surface area contributed by atoms with Gasteiger partial charge < -0.3 is 19.8 Å². The fourth-order valence-electron chi connectivity index (χ4n) is 8.34. The molecule has 2 bridgehead atoms. The first kappa shape index (κ1) is 32.1. The highest BCUT2D eigenvalue weighted by atomic mass is 79.9. The number of amides is 3. The van der Waals surface area contributed by atoms with Gasteiger partial charge in [-0.2, -0.15) is 0 Å². The number of hydrogen-bond donors (Lipinski definition) is 1. The summed E-state index contributed by atoms with van der Waals surface area (Å²) in [6.07, 6.45) is 9.18. The quantitative estimate of drug-likeness (QED) is 0.240. The summed E-state index contributed by atoms with van der Waals surface area (Å²) in [4.78, 5) is 49.9. The van der Waals surface area contributed by atoms with E-state index in [0.29, 0.717) is 19.5 Å². The van der Waals surface area contributed by atoms with Crippen LogP contribution >= 0.6 is 27.7 Å². The van der Waals surface area contributed by atoms with E-state index in [1.807, 2.05) is 65.6 Å². The fraction of sp³-hybridized carbons (Fsp3) is 0.472. The molecule has 1 spiro atoms. The number of hydrogen-bond acceptors (Lipinski definition) is 5. The summed E-state index contributed by atoms with van der Waals surface area (Å²) >= 11 is 5.54. The molecule has 1 aliphatic carbocycles. The number of para-hydroxylation sites is 1. The van der Waals surface area contributed by atoms with Crippen molar-refractivity contribution in [3.63, 3.8) is 0 Å². The van der Waals surface area contributed by atoms with Gasteiger partial charge in [0.05, 0.1) is 29.2 Å². The molecule has 3 unspecified atom stereocenters. The summed E-state index contributed by atoms with van der Waals surface area (Å²) in [5, 5.41) is 10.7. The lowest BCUT2D eigenvalue weighted by atomic mass is 9.70. The zero-order valence-corrected chi connectivity index (χ0v) is 28.0. The number of thioether (sulfide) groups is 1. The Hall–Kier alpha value is -2.88. The normalized spacial score (nSPS) is 29.7. The van der Waals surface area contributed by atoms with E-state index in [0.717, 1.165) is 43.4 Å². The van der Waals surface area contributed by atoms with E-state index in [4.69, 9.17) is 0 Å². The zero-order chi connectivity index (χ0) is 31.7. The van der Waals surface area contributed by atoms with Crippen LogP contribution in [0.2, 0.25) is 0 Å². The second-order valence-electron chi connectivity index (χ2n) is 12.7. The minimum atomic E-state index is -0.827. The molecule has 3 heterocycles. The molecule has 2 aromatic carbocycles. The predicted molar refractivity (Wildman–Crippen MR) is 183 cm³/mol. The molecular weight excluding hydrogens is 650 g/mol. The number of fused-ring (bicyclic) bond motifs is 1. The maximum Gasteiger partial charge on any atom is 0.247 e. The smallest absolute Gasteiger partial charge is 0.247 e. The molecule has 2 aromatic rings. The van der Waals surface area contributed by atoms with Crippen molar-refractivity contribution in [2.24, 2.45) is 11.8 Å². The van der Waals surface area contributed by atoms with Gasteiger partial charge in [0, 0.05) is 34.9 Å². The molecular formula is C36H42BrN3O4S. The maximum atomic E-state index is 15.1. The van der Waals surface area contributed by atoms with Gasteiger partial charge in [-0.15, -0.1) is 24.9 Å². The van der Waals surface area contributed by atoms with Gasteiger partial charge >= 0.3 is 0 Å². The van der Waals surface area contributed by atoms with Crippen LogP contribution in [-0.4, -0.2) is 79.2 Å². The molecule has 3 saturated heterocycles. The lowest BCUT2D eigenvalue weighted by Crippen LogP contribution is -2.58. The van der Waals surface area contributed by atoms with E-state index < -0.39 is 28.7 Å². The van der Waals surface area contributed by atoms with Crippen molar-refractivity contribution in [3.05, 3.63) is 91.5 Å². The second-order valence-corrected chi connectivity index (χ2v) is 15.4. The summed E-state index contributed by atoms with van der Waals surface area (Å²) in [5.74, 6) is -1.80. The van der Waals surface area contributed by atoms with E-state index in [9.17, 15) is 14.7 Å². The summed E-state index contributed by atoms with van der Waals surface area (Å²) in [6, 6.07) is 17.5. The number of carbonyl (C=O) groups is 3. The highest BCUT2D eigenvalue weighted by Crippen LogP contribution is 2.69. The van der Waals surface area contributed by atoms with Crippen molar-refractivity contribution in [2.75, 3.05) is 24.6 Å². The van der Waals surface area contributed by atoms with E-state index in [1.165, 1.54) is 0 Å². The van der Waals surface area contributed by atoms with Gasteiger partial charge in [-0.25, -0.2) is 0 Å². The Morgan fingerprint density at radius 2 is 1.64 bits per heavy atom. The van der Waals surface area contributed by atoms with Crippen molar-refractivity contribution in [2.45, 2.75) is 71.5 Å². The Labute approximate surface area is 278 Å². The Morgan fingerprint density at radius 3 is 2.27 bits per heavy atom. The van der Waals surface area contributed by atoms with Crippen molar-refractivity contribution >= 4 is 51.1 Å². The zero-order valence-electron chi connectivity index (χ0n) is 25.5. The van der Waals surface area contributed by atoms with Gasteiger partial charge in [-0.3, -0.25) is 14.4 Å². The van der Waals surface area contributed by atoms with Gasteiger partial charge in [0.15, 0.2) is 0 Å². The summed E-state index contributed by atoms with van der Waals surface area (Å²) in [5.41, 5.74) is 1.52. The predicted octanol–water partition coefficient (Wildman–Crippen LogP) is 5.75. The van der Waals surface area contributed by atoms with E-state index in [1.54, 1.807) is 33.7 Å². The first-order valence-corrected chi connectivity index (χ1v) is 17.9. The molecule has 1 N–H and O–H groups in total. The highest BCUT2D eigenvalue weighted by Gasteiger charge is 2.76. The van der Waals surface area contributed by atoms with Gasteiger partial charge in [0.2, 0.25) is 17.7 Å². The van der Waals surface area contributed by atoms with Gasteiger partial charge in [-0.05, 0) is 37.0 Å². The molecule has 0 aromatic heterocycles. The summed E-state index contributed by atoms with van der Waals surface area (Å²) in [6.45, 7) is 8.26. The SMILES string of the molecule is C=CCN(C(=O)[C@H]1[C@@H]2SC3(CC2Br)C(C(=O)N(CC=C)C2CCCCC2)N([C@H](CO)c2ccccc2)C(=O)[C@H]13)c1ccccc1. The van der Waals surface area contributed by atoms with Crippen LogP contribution in [0.4, 0.5) is 5.69 Å². The maximum absolute atomic E-state index is 15.1. The highest BCUT2D eigenvalue weighted by molar-refractivity contribution is 9.09. The lowest BCUT2D eigenvalue weighted by molar-refractivity contribution is -0.147. The number of aliphatic hydroxyl groups excluding tert-OH is 1. The molecule has 1 saturated carbocycles. The van der Waals surface area contributed by atoms with Crippen molar-refractivity contribution in [3.8, 4) is 0 Å². The van der Waals surface area contributed by atoms with Gasteiger partial charge in [0.1, 0.15) is 6.04 Å². The number of aliphatic hydroxyl groups is 1. The lowest BCUT2D eigenvalue weighted by Gasteiger charge is -2.43. The van der Waals surface area contributed by atoms with Crippen molar-refractivity contribution in [1.82, 2.24) is 9.80 Å². The Morgan fingerprint density at radius 1 is 1.00 bits per heavy atom. The van der Waals surface area contributed by atoms with Crippen LogP contribution in [0.3, 0.4) is 0 Å². The minimum absolute atomic E-state index is 0.0519. The molecule has 0 radical (unpaired) electrons. The molecule has 3 aliphatic heterocycles. The molecule has 238 valence electrons. The molecule has 6 rings (SSSR count). The molecule has 9 heteroatoms. The number of nitrogens with zero attached hydrogens (tertiary/aromatic N) is 3. The molecule has 4 aliphatic rings. The third-order valence-corrected chi connectivity index (χ3v) is 13.4.